The van der Waals surface area contributed by atoms with Crippen LogP contribution in [0.25, 0.3) is 0 Å². The second kappa shape index (κ2) is 5.59. The molecule has 18 heavy (non-hydrogen) atoms. The lowest BCUT2D eigenvalue weighted by Crippen LogP contribution is -2.36. The van der Waals surface area contributed by atoms with E-state index in [1.807, 2.05) is 25.2 Å². The van der Waals surface area contributed by atoms with Gasteiger partial charge in [-0.25, -0.2) is 0 Å². The van der Waals surface area contributed by atoms with E-state index in [4.69, 9.17) is 16.3 Å². The molecule has 0 saturated carbocycles. The summed E-state index contributed by atoms with van der Waals surface area (Å²) in [7, 11) is 3.42. The number of ether oxygens (including phenoxy) is 1. The van der Waals surface area contributed by atoms with Crippen molar-refractivity contribution in [2.45, 2.75) is 19.0 Å². The molecule has 1 unspecified atom stereocenters. The second-order valence-corrected chi connectivity index (χ2v) is 4.86. The molecule has 4 nitrogen and oxygen atoms in total. The van der Waals surface area contributed by atoms with Gasteiger partial charge in [0.1, 0.15) is 5.75 Å². The first kappa shape index (κ1) is 13.2. The van der Waals surface area contributed by atoms with E-state index in [1.54, 1.807) is 12.0 Å². The molecular weight excluding hydrogens is 252 g/mol. The Kier molecular flexibility index (Phi) is 4.09. The standard InChI is InChI=1S/C13H17ClN2O2/c1-16-6-5-11(13(16)17)15-8-9-3-4-12(18-2)10(14)7-9/h3-4,7,11,15H,5-6,8H2,1-2H3. The zero-order chi connectivity index (χ0) is 13.1. The lowest BCUT2D eigenvalue weighted by atomic mass is 10.2. The molecule has 5 heteroatoms. The third-order valence-corrected chi connectivity index (χ3v) is 3.49. The lowest BCUT2D eigenvalue weighted by Gasteiger charge is -2.12. The van der Waals surface area contributed by atoms with Crippen LogP contribution >= 0.6 is 11.6 Å². The fourth-order valence-corrected chi connectivity index (χ4v) is 2.35. The van der Waals surface area contributed by atoms with Crippen molar-refractivity contribution in [2.75, 3.05) is 20.7 Å². The van der Waals surface area contributed by atoms with Gasteiger partial charge in [-0.2, -0.15) is 0 Å². The summed E-state index contributed by atoms with van der Waals surface area (Å²) in [6.45, 7) is 1.45. The van der Waals surface area contributed by atoms with Crippen LogP contribution in [0.5, 0.6) is 5.75 Å². The van der Waals surface area contributed by atoms with Gasteiger partial charge < -0.3 is 15.0 Å². The number of nitrogens with one attached hydrogen (secondary N) is 1. The molecule has 0 spiro atoms. The van der Waals surface area contributed by atoms with E-state index in [2.05, 4.69) is 5.32 Å². The van der Waals surface area contributed by atoms with E-state index in [9.17, 15) is 4.79 Å². The Balaban J connectivity index is 1.94. The van der Waals surface area contributed by atoms with E-state index in [0.29, 0.717) is 17.3 Å². The number of nitrogens with zero attached hydrogens (tertiary/aromatic N) is 1. The van der Waals surface area contributed by atoms with Crippen molar-refractivity contribution in [2.24, 2.45) is 0 Å². The molecule has 1 heterocycles. The minimum Gasteiger partial charge on any atom is -0.495 e. The molecule has 1 amide bonds. The predicted molar refractivity (Wildman–Crippen MR) is 70.9 cm³/mol. The van der Waals surface area contributed by atoms with Gasteiger partial charge in [0.2, 0.25) is 5.91 Å². The Hall–Kier alpha value is -1.26. The van der Waals surface area contributed by atoms with Crippen LogP contribution in [0.2, 0.25) is 5.02 Å². The number of likely N-dealkylation sites (N-methyl/N-ethyl adjacent to an activating group) is 1. The Morgan fingerprint density at radius 3 is 2.89 bits per heavy atom. The molecule has 0 radical (unpaired) electrons. The van der Waals surface area contributed by atoms with Crippen LogP contribution in [0.4, 0.5) is 0 Å². The summed E-state index contributed by atoms with van der Waals surface area (Å²) in [6, 6.07) is 5.56. The predicted octanol–water partition coefficient (Wildman–Crippen LogP) is 1.67. The maximum atomic E-state index is 11.7. The Labute approximate surface area is 112 Å². The molecule has 1 N–H and O–H groups in total. The van der Waals surface area contributed by atoms with Crippen molar-refractivity contribution in [1.29, 1.82) is 0 Å². The molecule has 0 bridgehead atoms. The van der Waals surface area contributed by atoms with Crippen LogP contribution in [-0.2, 0) is 11.3 Å². The number of methoxy groups -OCH3 is 1. The molecule has 98 valence electrons. The smallest absolute Gasteiger partial charge is 0.239 e. The number of halogens is 1. The highest BCUT2D eigenvalue weighted by Gasteiger charge is 2.28. The Morgan fingerprint density at radius 2 is 2.33 bits per heavy atom. The first-order chi connectivity index (χ1) is 8.61. The molecule has 1 aromatic carbocycles. The number of rotatable bonds is 4. The van der Waals surface area contributed by atoms with E-state index in [0.717, 1.165) is 18.5 Å². The van der Waals surface area contributed by atoms with E-state index < -0.39 is 0 Å². The zero-order valence-corrected chi connectivity index (χ0v) is 11.3. The number of carbonyl (C=O) groups is 1. The maximum absolute atomic E-state index is 11.7. The van der Waals surface area contributed by atoms with Gasteiger partial charge in [0.05, 0.1) is 18.2 Å². The number of carbonyl (C=O) groups excluding carboxylic acids is 1. The Morgan fingerprint density at radius 1 is 1.56 bits per heavy atom. The summed E-state index contributed by atoms with van der Waals surface area (Å²) in [4.78, 5) is 13.5. The van der Waals surface area contributed by atoms with Gasteiger partial charge in [-0.15, -0.1) is 0 Å². The number of hydrogen-bond donors (Lipinski definition) is 1. The van der Waals surface area contributed by atoms with Gasteiger partial charge in [-0.3, -0.25) is 4.79 Å². The SMILES string of the molecule is COc1ccc(CNC2CCN(C)C2=O)cc1Cl. The summed E-state index contributed by atoms with van der Waals surface area (Å²) < 4.78 is 5.10. The van der Waals surface area contributed by atoms with Crippen molar-refractivity contribution in [3.63, 3.8) is 0 Å². The largest absolute Gasteiger partial charge is 0.495 e. The van der Waals surface area contributed by atoms with Gasteiger partial charge in [-0.1, -0.05) is 17.7 Å². The highest BCUT2D eigenvalue weighted by atomic mass is 35.5. The highest BCUT2D eigenvalue weighted by Crippen LogP contribution is 2.25. The second-order valence-electron chi connectivity index (χ2n) is 4.45. The van der Waals surface area contributed by atoms with Crippen molar-refractivity contribution in [3.8, 4) is 5.75 Å². The van der Waals surface area contributed by atoms with Crippen molar-refractivity contribution in [1.82, 2.24) is 10.2 Å². The third-order valence-electron chi connectivity index (χ3n) is 3.20. The van der Waals surface area contributed by atoms with Crippen LogP contribution in [0, 0.1) is 0 Å². The van der Waals surface area contributed by atoms with E-state index >= 15 is 0 Å². The van der Waals surface area contributed by atoms with E-state index in [-0.39, 0.29) is 11.9 Å². The normalized spacial score (nSPS) is 19.4. The quantitative estimate of drug-likeness (QED) is 0.903. The van der Waals surface area contributed by atoms with Crippen molar-refractivity contribution in [3.05, 3.63) is 28.8 Å². The summed E-state index contributed by atoms with van der Waals surface area (Å²) in [5, 5.41) is 3.84. The fraction of sp³-hybridized carbons (Fsp3) is 0.462. The van der Waals surface area contributed by atoms with Crippen molar-refractivity contribution >= 4 is 17.5 Å². The summed E-state index contributed by atoms with van der Waals surface area (Å²) in [6.07, 6.45) is 0.860. The van der Waals surface area contributed by atoms with Crippen LogP contribution < -0.4 is 10.1 Å². The molecule has 2 rings (SSSR count). The molecule has 1 atom stereocenters. The highest BCUT2D eigenvalue weighted by molar-refractivity contribution is 6.32. The van der Waals surface area contributed by atoms with Crippen LogP contribution in [-0.4, -0.2) is 37.6 Å². The first-order valence-electron chi connectivity index (χ1n) is 5.92. The minimum absolute atomic E-state index is 0.0733. The molecule has 0 aliphatic carbocycles. The summed E-state index contributed by atoms with van der Waals surface area (Å²) in [5.74, 6) is 0.826. The monoisotopic (exact) mass is 268 g/mol. The summed E-state index contributed by atoms with van der Waals surface area (Å²) in [5.41, 5.74) is 1.04. The number of amides is 1. The average molecular weight is 269 g/mol. The molecule has 0 aromatic heterocycles. The first-order valence-corrected chi connectivity index (χ1v) is 6.30. The molecule has 1 aliphatic heterocycles. The van der Waals surface area contributed by atoms with Gasteiger partial charge >= 0.3 is 0 Å². The number of benzene rings is 1. The van der Waals surface area contributed by atoms with E-state index in [1.165, 1.54) is 0 Å². The fourth-order valence-electron chi connectivity index (χ4n) is 2.07. The Bertz CT molecular complexity index is 451. The molecule has 1 saturated heterocycles. The molecule has 1 fully saturated rings. The van der Waals surface area contributed by atoms with Gasteiger partial charge in [0.15, 0.2) is 0 Å². The molecular formula is C13H17ClN2O2. The topological polar surface area (TPSA) is 41.6 Å². The van der Waals surface area contributed by atoms with Crippen LogP contribution in [0.15, 0.2) is 18.2 Å². The number of hydrogen-bond acceptors (Lipinski definition) is 3. The molecule has 1 aliphatic rings. The van der Waals surface area contributed by atoms with Crippen LogP contribution in [0.1, 0.15) is 12.0 Å². The minimum atomic E-state index is -0.0733. The number of likely N-dealkylation sites (tertiary alicyclic amines) is 1. The average Bonchev–Trinajstić information content (AvgIpc) is 2.68. The van der Waals surface area contributed by atoms with Gasteiger partial charge in [0.25, 0.3) is 0 Å². The maximum Gasteiger partial charge on any atom is 0.239 e. The lowest BCUT2D eigenvalue weighted by molar-refractivity contribution is -0.128. The zero-order valence-electron chi connectivity index (χ0n) is 10.6. The van der Waals surface area contributed by atoms with Crippen LogP contribution in [0.3, 0.4) is 0 Å². The van der Waals surface area contributed by atoms with Gasteiger partial charge in [-0.05, 0) is 24.1 Å². The van der Waals surface area contributed by atoms with Crippen molar-refractivity contribution < 1.29 is 9.53 Å². The van der Waals surface area contributed by atoms with Gasteiger partial charge in [0, 0.05) is 20.1 Å². The molecule has 1 aromatic rings. The summed E-state index contributed by atoms with van der Waals surface area (Å²) >= 11 is 6.05. The third kappa shape index (κ3) is 2.76.